The molecule has 0 N–H and O–H groups in total. The Morgan fingerprint density at radius 2 is 1.97 bits per heavy atom. The van der Waals surface area contributed by atoms with Crippen LogP contribution in [0.4, 0.5) is 5.69 Å². The lowest BCUT2D eigenvalue weighted by atomic mass is 10.1. The monoisotopic (exact) mass is 428 g/mol. The van der Waals surface area contributed by atoms with Crippen molar-refractivity contribution in [2.24, 2.45) is 0 Å². The average molecular weight is 429 g/mol. The Kier molecular flexibility index (Phi) is 5.29. The number of aromatic nitrogens is 3. The van der Waals surface area contributed by atoms with Gasteiger partial charge in [0.25, 0.3) is 0 Å². The topological polar surface area (TPSA) is 77.4 Å². The highest BCUT2D eigenvalue weighted by Crippen LogP contribution is 2.44. The van der Waals surface area contributed by atoms with Gasteiger partial charge in [-0.3, -0.25) is 9.69 Å². The summed E-state index contributed by atoms with van der Waals surface area (Å²) in [5, 5.41) is 9.42. The molecule has 1 aliphatic heterocycles. The van der Waals surface area contributed by atoms with Gasteiger partial charge >= 0.3 is 0 Å². The number of halogens is 1. The van der Waals surface area contributed by atoms with Gasteiger partial charge in [-0.05, 0) is 48.7 Å². The summed E-state index contributed by atoms with van der Waals surface area (Å²) < 4.78 is 11.5. The van der Waals surface area contributed by atoms with E-state index in [4.69, 9.17) is 21.1 Å². The summed E-state index contributed by atoms with van der Waals surface area (Å²) in [7, 11) is 1.60. The van der Waals surface area contributed by atoms with Crippen LogP contribution in [0, 0.1) is 0 Å². The van der Waals surface area contributed by atoms with Crippen LogP contribution < -0.4 is 14.4 Å². The van der Waals surface area contributed by atoms with Crippen molar-refractivity contribution < 1.29 is 14.3 Å². The van der Waals surface area contributed by atoms with E-state index < -0.39 is 6.23 Å². The molecule has 0 saturated heterocycles. The number of nitrogens with zero attached hydrogens (tertiary/aromatic N) is 4. The van der Waals surface area contributed by atoms with Crippen LogP contribution in [0.25, 0.3) is 11.3 Å². The van der Waals surface area contributed by atoms with Crippen molar-refractivity contribution in [1.29, 1.82) is 0 Å². The van der Waals surface area contributed by atoms with Crippen LogP contribution in [0.5, 0.6) is 11.6 Å². The second-order valence-corrected chi connectivity index (χ2v) is 7.46. The highest BCUT2D eigenvalue weighted by atomic mass is 35.5. The average Bonchev–Trinajstić information content (AvgIpc) is 2.87. The minimum atomic E-state index is -0.744. The van der Waals surface area contributed by atoms with Crippen LogP contribution in [-0.2, 0) is 4.79 Å². The van der Waals surface area contributed by atoms with Gasteiger partial charge in [-0.25, -0.2) is 0 Å². The predicted molar refractivity (Wildman–Crippen MR) is 112 cm³/mol. The molecule has 4 rings (SSSR count). The Morgan fingerprint density at radius 1 is 1.21 bits per heavy atom. The van der Waals surface area contributed by atoms with Crippen LogP contribution in [0.2, 0.25) is 5.02 Å². The maximum absolute atomic E-state index is 12.7. The minimum Gasteiger partial charge on any atom is -0.497 e. The number of fused-ring (bicyclic) bond motifs is 3. The van der Waals surface area contributed by atoms with Gasteiger partial charge in [0, 0.05) is 23.1 Å². The zero-order valence-electron chi connectivity index (χ0n) is 15.9. The molecule has 2 heterocycles. The predicted octanol–water partition coefficient (Wildman–Crippen LogP) is 4.37. The Morgan fingerprint density at radius 3 is 2.62 bits per heavy atom. The summed E-state index contributed by atoms with van der Waals surface area (Å²) >= 11 is 7.59. The lowest BCUT2D eigenvalue weighted by Gasteiger charge is -2.30. The molecule has 2 aromatic carbocycles. The lowest BCUT2D eigenvalue weighted by molar-refractivity contribution is -0.118. The molecule has 3 aromatic rings. The Hall–Kier alpha value is -2.84. The second kappa shape index (κ2) is 7.88. The van der Waals surface area contributed by atoms with Gasteiger partial charge in [-0.15, -0.1) is 10.2 Å². The number of benzene rings is 2. The number of methoxy groups -OCH3 is 1. The number of carbonyl (C=O) groups is 1. The van der Waals surface area contributed by atoms with Gasteiger partial charge in [0.2, 0.25) is 23.2 Å². The first kappa shape index (κ1) is 19.5. The highest BCUT2D eigenvalue weighted by Gasteiger charge is 2.34. The first-order valence-electron chi connectivity index (χ1n) is 8.71. The highest BCUT2D eigenvalue weighted by molar-refractivity contribution is 7.98. The summed E-state index contributed by atoms with van der Waals surface area (Å²) in [5.74, 6) is 0.802. The van der Waals surface area contributed by atoms with E-state index in [1.54, 1.807) is 30.2 Å². The first-order chi connectivity index (χ1) is 14.0. The molecule has 7 nitrogen and oxygen atoms in total. The number of carbonyl (C=O) groups excluding carboxylic acids is 1. The number of hydrogen-bond acceptors (Lipinski definition) is 7. The zero-order valence-corrected chi connectivity index (χ0v) is 17.5. The molecular formula is C20H17ClN4O3S. The van der Waals surface area contributed by atoms with E-state index in [0.717, 1.165) is 5.56 Å². The molecule has 0 aliphatic carbocycles. The first-order valence-corrected chi connectivity index (χ1v) is 10.3. The fraction of sp³-hybridized carbons (Fsp3) is 0.200. The summed E-state index contributed by atoms with van der Waals surface area (Å²) in [6.45, 7) is 1.49. The number of anilines is 1. The Labute approximate surface area is 177 Å². The summed E-state index contributed by atoms with van der Waals surface area (Å²) in [6.07, 6.45) is 1.11. The minimum absolute atomic E-state index is 0.194. The van der Waals surface area contributed by atoms with Gasteiger partial charge < -0.3 is 9.47 Å². The molecule has 0 radical (unpaired) electrons. The number of hydrogen-bond donors (Lipinski definition) is 0. The van der Waals surface area contributed by atoms with Crippen LogP contribution >= 0.6 is 23.4 Å². The molecule has 0 fully saturated rings. The van der Waals surface area contributed by atoms with Gasteiger partial charge in [0.05, 0.1) is 12.8 Å². The van der Waals surface area contributed by atoms with Gasteiger partial charge in [0.1, 0.15) is 5.75 Å². The molecular weight excluding hydrogens is 412 g/mol. The van der Waals surface area contributed by atoms with E-state index in [9.17, 15) is 4.79 Å². The molecule has 1 amide bonds. The zero-order chi connectivity index (χ0) is 20.5. The maximum Gasteiger partial charge on any atom is 0.247 e. The van der Waals surface area contributed by atoms with Gasteiger partial charge in [0.15, 0.2) is 5.69 Å². The molecule has 0 spiro atoms. The van der Waals surface area contributed by atoms with E-state index in [-0.39, 0.29) is 11.8 Å². The fourth-order valence-corrected chi connectivity index (χ4v) is 3.62. The molecule has 29 heavy (non-hydrogen) atoms. The third-order valence-electron chi connectivity index (χ3n) is 4.49. The van der Waals surface area contributed by atoms with Crippen LogP contribution in [0.15, 0.2) is 47.6 Å². The Bertz CT molecular complexity index is 1080. The van der Waals surface area contributed by atoms with E-state index in [1.807, 2.05) is 30.5 Å². The van der Waals surface area contributed by atoms with Crippen molar-refractivity contribution in [2.45, 2.75) is 18.3 Å². The lowest BCUT2D eigenvalue weighted by Crippen LogP contribution is -2.36. The fourth-order valence-electron chi connectivity index (χ4n) is 3.15. The van der Waals surface area contributed by atoms with Crippen molar-refractivity contribution in [3.8, 4) is 22.9 Å². The molecule has 0 bridgehead atoms. The molecule has 9 heteroatoms. The normalized spacial score (nSPS) is 15.0. The van der Waals surface area contributed by atoms with E-state index in [1.165, 1.54) is 18.7 Å². The van der Waals surface area contributed by atoms with E-state index in [0.29, 0.717) is 32.9 Å². The number of amides is 1. The van der Waals surface area contributed by atoms with Crippen molar-refractivity contribution in [3.63, 3.8) is 0 Å². The van der Waals surface area contributed by atoms with E-state index >= 15 is 0 Å². The van der Waals surface area contributed by atoms with Crippen molar-refractivity contribution >= 4 is 35.0 Å². The smallest absolute Gasteiger partial charge is 0.247 e. The molecule has 0 saturated carbocycles. The third kappa shape index (κ3) is 3.61. The number of ether oxygens (including phenoxy) is 2. The van der Waals surface area contributed by atoms with Crippen molar-refractivity contribution in [1.82, 2.24) is 15.2 Å². The van der Waals surface area contributed by atoms with Crippen LogP contribution in [-0.4, -0.2) is 34.5 Å². The number of rotatable bonds is 3. The molecule has 1 atom stereocenters. The standard InChI is InChI=1S/C20H17ClN4O3S/c1-11(26)25-16-9-6-13(21)10-15(16)17-18(22-20(29-3)24-23-17)28-19(25)12-4-7-14(27-2)8-5-12/h4-10,19H,1-3H3/t19-/m1/s1. The van der Waals surface area contributed by atoms with Crippen LogP contribution in [0.3, 0.4) is 0 Å². The van der Waals surface area contributed by atoms with Crippen molar-refractivity contribution in [2.75, 3.05) is 18.3 Å². The second-order valence-electron chi connectivity index (χ2n) is 6.25. The quantitative estimate of drug-likeness (QED) is 0.573. The molecule has 1 aromatic heterocycles. The molecule has 1 aliphatic rings. The Balaban J connectivity index is 1.95. The largest absolute Gasteiger partial charge is 0.497 e. The van der Waals surface area contributed by atoms with Crippen LogP contribution in [0.1, 0.15) is 18.7 Å². The van der Waals surface area contributed by atoms with Gasteiger partial charge in [-0.1, -0.05) is 23.4 Å². The van der Waals surface area contributed by atoms with Gasteiger partial charge in [-0.2, -0.15) is 4.98 Å². The molecule has 0 unspecified atom stereocenters. The summed E-state index contributed by atoms with van der Waals surface area (Å²) in [5.41, 5.74) is 2.45. The maximum atomic E-state index is 12.7. The van der Waals surface area contributed by atoms with Crippen molar-refractivity contribution in [3.05, 3.63) is 53.1 Å². The SMILES string of the molecule is COc1ccc([C@H]2Oc3nc(SC)nnc3-c3cc(Cl)ccc3N2C(C)=O)cc1. The summed E-state index contributed by atoms with van der Waals surface area (Å²) in [4.78, 5) is 18.8. The summed E-state index contributed by atoms with van der Waals surface area (Å²) in [6, 6.07) is 12.6. The molecule has 148 valence electrons. The third-order valence-corrected chi connectivity index (χ3v) is 5.26. The number of thioether (sulfide) groups is 1. The van der Waals surface area contributed by atoms with E-state index in [2.05, 4.69) is 15.2 Å².